The highest BCUT2D eigenvalue weighted by atomic mass is 16.1. The van der Waals surface area contributed by atoms with Gasteiger partial charge in [-0.25, -0.2) is 0 Å². The Kier molecular flexibility index (Phi) is 7.10. The number of nitrogens with two attached hydrogens (primary N) is 1. The predicted octanol–water partition coefficient (Wildman–Crippen LogP) is 2.16. The van der Waals surface area contributed by atoms with E-state index in [1.165, 1.54) is 10.7 Å². The van der Waals surface area contributed by atoms with E-state index in [2.05, 4.69) is 11.7 Å². The lowest BCUT2D eigenvalue weighted by Crippen LogP contribution is -2.19. The summed E-state index contributed by atoms with van der Waals surface area (Å²) in [6, 6.07) is 3.04. The third-order valence-electron chi connectivity index (χ3n) is 1.72. The first-order valence-electron chi connectivity index (χ1n) is 5.48. The number of aromatic nitrogens is 2. The fourth-order valence-electron chi connectivity index (χ4n) is 1.03. The van der Waals surface area contributed by atoms with Gasteiger partial charge in [0.2, 0.25) is 0 Å². The van der Waals surface area contributed by atoms with Crippen molar-refractivity contribution in [1.82, 2.24) is 9.78 Å². The van der Waals surface area contributed by atoms with E-state index in [4.69, 9.17) is 5.73 Å². The van der Waals surface area contributed by atoms with Crippen molar-refractivity contribution >= 4 is 5.70 Å². The average Bonchev–Trinajstić information content (AvgIpc) is 2.34. The lowest BCUT2D eigenvalue weighted by atomic mass is 10.3. The number of rotatable bonds is 3. The smallest absolute Gasteiger partial charge is 0.271 e. The molecule has 0 aliphatic heterocycles. The highest BCUT2D eigenvalue weighted by Crippen LogP contribution is 2.01. The minimum atomic E-state index is -0.183. The van der Waals surface area contributed by atoms with Crippen LogP contribution in [0.2, 0.25) is 0 Å². The van der Waals surface area contributed by atoms with Gasteiger partial charge in [-0.15, -0.1) is 0 Å². The first kappa shape index (κ1) is 14.9. The molecule has 0 aliphatic carbocycles. The second kappa shape index (κ2) is 8.10. The Morgan fingerprint density at radius 3 is 2.59 bits per heavy atom. The third-order valence-corrected chi connectivity index (χ3v) is 1.72. The van der Waals surface area contributed by atoms with E-state index in [9.17, 15) is 4.79 Å². The zero-order chi connectivity index (χ0) is 13.3. The lowest BCUT2D eigenvalue weighted by molar-refractivity contribution is 0.830. The SMILES string of the molecule is C=C(N)/C=C\C(=C/C)n1ncccc1=O.CC. The van der Waals surface area contributed by atoms with Crippen molar-refractivity contribution in [2.45, 2.75) is 20.8 Å². The molecule has 92 valence electrons. The van der Waals surface area contributed by atoms with Gasteiger partial charge in [0.15, 0.2) is 0 Å². The van der Waals surface area contributed by atoms with Crippen molar-refractivity contribution in [3.05, 3.63) is 59.2 Å². The zero-order valence-corrected chi connectivity index (χ0v) is 10.6. The highest BCUT2D eigenvalue weighted by molar-refractivity contribution is 5.56. The molecule has 1 aromatic rings. The summed E-state index contributed by atoms with van der Waals surface area (Å²) in [5.41, 5.74) is 6.30. The maximum absolute atomic E-state index is 11.4. The van der Waals surface area contributed by atoms with Crippen LogP contribution in [-0.4, -0.2) is 9.78 Å². The van der Waals surface area contributed by atoms with Gasteiger partial charge in [0, 0.05) is 18.0 Å². The molecule has 1 heterocycles. The molecule has 17 heavy (non-hydrogen) atoms. The Balaban J connectivity index is 0.00000121. The topological polar surface area (TPSA) is 60.9 Å². The van der Waals surface area contributed by atoms with E-state index in [1.54, 1.807) is 30.5 Å². The van der Waals surface area contributed by atoms with Crippen LogP contribution in [-0.2, 0) is 0 Å². The van der Waals surface area contributed by atoms with Crippen LogP contribution in [0.25, 0.3) is 5.70 Å². The molecule has 0 bridgehead atoms. The van der Waals surface area contributed by atoms with Crippen LogP contribution >= 0.6 is 0 Å². The van der Waals surface area contributed by atoms with E-state index in [0.717, 1.165) is 0 Å². The zero-order valence-electron chi connectivity index (χ0n) is 10.6. The standard InChI is InChI=1S/C11H13N3O.C2H6/c1-3-10(7-6-9(2)12)14-11(15)5-4-8-13-14;1-2/h3-8H,2,12H2,1H3;1-2H3/b7-6-,10-3+;. The molecule has 0 radical (unpaired) electrons. The van der Waals surface area contributed by atoms with E-state index < -0.39 is 0 Å². The van der Waals surface area contributed by atoms with Crippen LogP contribution in [0.3, 0.4) is 0 Å². The number of nitrogens with zero attached hydrogens (tertiary/aromatic N) is 2. The number of hydrogen-bond donors (Lipinski definition) is 1. The summed E-state index contributed by atoms with van der Waals surface area (Å²) in [7, 11) is 0. The summed E-state index contributed by atoms with van der Waals surface area (Å²) in [5.74, 6) is 0. The van der Waals surface area contributed by atoms with Crippen molar-refractivity contribution in [3.8, 4) is 0 Å². The molecule has 0 aromatic carbocycles. The van der Waals surface area contributed by atoms with Gasteiger partial charge >= 0.3 is 0 Å². The Morgan fingerprint density at radius 2 is 2.12 bits per heavy atom. The first-order chi connectivity index (χ1) is 8.15. The maximum atomic E-state index is 11.4. The molecule has 0 aliphatic rings. The Hall–Kier alpha value is -2.10. The summed E-state index contributed by atoms with van der Waals surface area (Å²) in [6.07, 6.45) is 6.64. The molecule has 0 saturated heterocycles. The Bertz CT molecular complexity index is 470. The van der Waals surface area contributed by atoms with Gasteiger partial charge in [-0.2, -0.15) is 9.78 Å². The molecule has 0 fully saturated rings. The van der Waals surface area contributed by atoms with Crippen molar-refractivity contribution in [2.24, 2.45) is 5.73 Å². The van der Waals surface area contributed by atoms with Gasteiger partial charge in [-0.05, 0) is 25.1 Å². The molecule has 0 amide bonds. The van der Waals surface area contributed by atoms with E-state index >= 15 is 0 Å². The van der Waals surface area contributed by atoms with Crippen molar-refractivity contribution in [1.29, 1.82) is 0 Å². The van der Waals surface area contributed by atoms with Crippen molar-refractivity contribution in [2.75, 3.05) is 0 Å². The first-order valence-corrected chi connectivity index (χ1v) is 5.48. The van der Waals surface area contributed by atoms with Crippen LogP contribution in [0.4, 0.5) is 0 Å². The molecular weight excluding hydrogens is 214 g/mol. The Morgan fingerprint density at radius 1 is 1.47 bits per heavy atom. The van der Waals surface area contributed by atoms with Gasteiger partial charge in [0.25, 0.3) is 5.56 Å². The maximum Gasteiger partial charge on any atom is 0.271 e. The molecule has 1 aromatic heterocycles. The van der Waals surface area contributed by atoms with E-state index in [-0.39, 0.29) is 5.56 Å². The lowest BCUT2D eigenvalue weighted by Gasteiger charge is -2.02. The molecule has 0 spiro atoms. The van der Waals surface area contributed by atoms with Crippen LogP contribution in [0.1, 0.15) is 20.8 Å². The minimum Gasteiger partial charge on any atom is -0.399 e. The van der Waals surface area contributed by atoms with Crippen LogP contribution < -0.4 is 11.3 Å². The molecule has 0 atom stereocenters. The van der Waals surface area contributed by atoms with Crippen LogP contribution in [0, 0.1) is 0 Å². The molecule has 4 heteroatoms. The number of hydrogen-bond acceptors (Lipinski definition) is 3. The number of allylic oxidation sites excluding steroid dienone is 4. The second-order valence-corrected chi connectivity index (χ2v) is 2.90. The van der Waals surface area contributed by atoms with E-state index in [1.807, 2.05) is 20.8 Å². The van der Waals surface area contributed by atoms with Gasteiger partial charge < -0.3 is 5.73 Å². The van der Waals surface area contributed by atoms with E-state index in [0.29, 0.717) is 11.4 Å². The summed E-state index contributed by atoms with van der Waals surface area (Å²) in [4.78, 5) is 11.4. The molecule has 4 nitrogen and oxygen atoms in total. The van der Waals surface area contributed by atoms with Crippen molar-refractivity contribution < 1.29 is 0 Å². The molecular formula is C13H19N3O. The molecule has 0 saturated carbocycles. The fourth-order valence-corrected chi connectivity index (χ4v) is 1.03. The molecule has 2 N–H and O–H groups in total. The molecule has 0 unspecified atom stereocenters. The van der Waals surface area contributed by atoms with Crippen molar-refractivity contribution in [3.63, 3.8) is 0 Å². The summed E-state index contributed by atoms with van der Waals surface area (Å²) in [5, 5.41) is 3.94. The van der Waals surface area contributed by atoms with Gasteiger partial charge in [-0.1, -0.05) is 26.5 Å². The summed E-state index contributed by atoms with van der Waals surface area (Å²) < 4.78 is 1.29. The van der Waals surface area contributed by atoms with Gasteiger partial charge in [0.05, 0.1) is 5.70 Å². The van der Waals surface area contributed by atoms with Crippen LogP contribution in [0.5, 0.6) is 0 Å². The predicted molar refractivity (Wildman–Crippen MR) is 72.3 cm³/mol. The normalized spacial score (nSPS) is 10.9. The monoisotopic (exact) mass is 233 g/mol. The van der Waals surface area contributed by atoms with Gasteiger partial charge in [-0.3, -0.25) is 4.79 Å². The largest absolute Gasteiger partial charge is 0.399 e. The summed E-state index contributed by atoms with van der Waals surface area (Å²) in [6.45, 7) is 9.35. The average molecular weight is 233 g/mol. The minimum absolute atomic E-state index is 0.183. The molecule has 1 rings (SSSR count). The quantitative estimate of drug-likeness (QED) is 0.814. The third kappa shape index (κ3) is 4.97. The highest BCUT2D eigenvalue weighted by Gasteiger charge is 1.97. The summed E-state index contributed by atoms with van der Waals surface area (Å²) >= 11 is 0. The second-order valence-electron chi connectivity index (χ2n) is 2.90. The fraction of sp³-hybridized carbons (Fsp3) is 0.231. The van der Waals surface area contributed by atoms with Crippen LogP contribution in [0.15, 0.2) is 53.6 Å². The Labute approximate surface area is 102 Å². The van der Waals surface area contributed by atoms with Gasteiger partial charge in [0.1, 0.15) is 0 Å².